The van der Waals surface area contributed by atoms with Crippen LogP contribution in [0.2, 0.25) is 0 Å². The Labute approximate surface area is 72.1 Å². The van der Waals surface area contributed by atoms with Crippen molar-refractivity contribution in [1.82, 2.24) is 0 Å². The molecule has 0 aromatic heterocycles. The monoisotopic (exact) mass is 164 g/mol. The molecule has 0 fully saturated rings. The third-order valence-electron chi connectivity index (χ3n) is 2.12. The van der Waals surface area contributed by atoms with Crippen molar-refractivity contribution in [3.63, 3.8) is 0 Å². The van der Waals surface area contributed by atoms with Crippen LogP contribution >= 0.6 is 0 Å². The van der Waals surface area contributed by atoms with Crippen LogP contribution in [-0.2, 0) is 4.84 Å². The Bertz CT molecular complexity index is 288. The summed E-state index contributed by atoms with van der Waals surface area (Å²) in [4.78, 5) is 7.35. The fraction of sp³-hybridized carbons (Fsp3) is 0.333. The molecule has 0 aliphatic carbocycles. The van der Waals surface area contributed by atoms with Crippen LogP contribution in [0.1, 0.15) is 0 Å². The Morgan fingerprint density at radius 1 is 1.25 bits per heavy atom. The van der Waals surface area contributed by atoms with Crippen molar-refractivity contribution in [2.45, 2.75) is 0 Å². The summed E-state index contributed by atoms with van der Waals surface area (Å²) in [7, 11) is 3.74. The molecule has 3 heteroatoms. The van der Waals surface area contributed by atoms with Gasteiger partial charge in [-0.2, -0.15) is 0 Å². The summed E-state index contributed by atoms with van der Waals surface area (Å²) >= 11 is 0. The molecule has 64 valence electrons. The second-order valence-corrected chi connectivity index (χ2v) is 2.89. The Kier molecular flexibility index (Phi) is 1.66. The molecule has 0 unspecified atom stereocenters. The molecule has 2 rings (SSSR count). The molecule has 1 aromatic rings. The highest BCUT2D eigenvalue weighted by Gasteiger charge is 2.21. The van der Waals surface area contributed by atoms with Crippen LogP contribution in [-0.4, -0.2) is 20.8 Å². The molecule has 0 atom stereocenters. The second kappa shape index (κ2) is 2.68. The molecule has 1 aliphatic heterocycles. The summed E-state index contributed by atoms with van der Waals surface area (Å²) in [5, 5.41) is 1.87. The van der Waals surface area contributed by atoms with Crippen molar-refractivity contribution in [3.05, 3.63) is 24.3 Å². The Balaban J connectivity index is 2.43. The number of hydroxylamine groups is 1. The van der Waals surface area contributed by atoms with Gasteiger partial charge in [0.25, 0.3) is 0 Å². The number of anilines is 2. The van der Waals surface area contributed by atoms with Crippen molar-refractivity contribution in [3.8, 4) is 0 Å². The molecule has 0 spiro atoms. The quantitative estimate of drug-likeness (QED) is 0.625. The minimum absolute atomic E-state index is 0.801. The molecule has 0 amide bonds. The fourth-order valence-electron chi connectivity index (χ4n) is 1.50. The lowest BCUT2D eigenvalue weighted by Crippen LogP contribution is -2.26. The van der Waals surface area contributed by atoms with E-state index < -0.39 is 0 Å². The molecule has 0 bridgehead atoms. The predicted molar refractivity (Wildman–Crippen MR) is 49.2 cm³/mol. The van der Waals surface area contributed by atoms with Crippen LogP contribution in [0.3, 0.4) is 0 Å². The molecule has 1 heterocycles. The van der Waals surface area contributed by atoms with E-state index in [-0.39, 0.29) is 0 Å². The van der Waals surface area contributed by atoms with E-state index in [1.165, 1.54) is 5.69 Å². The lowest BCUT2D eigenvalue weighted by molar-refractivity contribution is 0.173. The molecule has 12 heavy (non-hydrogen) atoms. The van der Waals surface area contributed by atoms with Gasteiger partial charge in [-0.15, -0.1) is 0 Å². The van der Waals surface area contributed by atoms with E-state index in [1.807, 2.05) is 17.2 Å². The van der Waals surface area contributed by atoms with Gasteiger partial charge < -0.3 is 4.90 Å². The third-order valence-corrected chi connectivity index (χ3v) is 2.12. The number of benzene rings is 1. The van der Waals surface area contributed by atoms with Crippen LogP contribution < -0.4 is 9.96 Å². The second-order valence-electron chi connectivity index (χ2n) is 2.89. The number of para-hydroxylation sites is 2. The van der Waals surface area contributed by atoms with Gasteiger partial charge in [0.1, 0.15) is 6.67 Å². The maximum Gasteiger partial charge on any atom is 0.116 e. The van der Waals surface area contributed by atoms with E-state index in [9.17, 15) is 0 Å². The summed E-state index contributed by atoms with van der Waals surface area (Å²) in [5.41, 5.74) is 2.36. The van der Waals surface area contributed by atoms with Gasteiger partial charge in [0, 0.05) is 7.05 Å². The topological polar surface area (TPSA) is 15.7 Å². The highest BCUT2D eigenvalue weighted by molar-refractivity contribution is 5.74. The zero-order chi connectivity index (χ0) is 8.55. The maximum atomic E-state index is 5.20. The summed E-state index contributed by atoms with van der Waals surface area (Å²) < 4.78 is 0. The zero-order valence-corrected chi connectivity index (χ0v) is 7.32. The van der Waals surface area contributed by atoms with Crippen molar-refractivity contribution in [1.29, 1.82) is 0 Å². The van der Waals surface area contributed by atoms with Crippen LogP contribution in [0.25, 0.3) is 0 Å². The average molecular weight is 164 g/mol. The first-order valence-corrected chi connectivity index (χ1v) is 3.95. The Morgan fingerprint density at radius 2 is 1.92 bits per heavy atom. The first-order chi connectivity index (χ1) is 5.83. The first-order valence-electron chi connectivity index (χ1n) is 3.95. The molecule has 0 radical (unpaired) electrons. The maximum absolute atomic E-state index is 5.20. The van der Waals surface area contributed by atoms with Crippen LogP contribution in [0.15, 0.2) is 24.3 Å². The Morgan fingerprint density at radius 3 is 2.58 bits per heavy atom. The van der Waals surface area contributed by atoms with E-state index in [0.717, 1.165) is 12.4 Å². The van der Waals surface area contributed by atoms with Gasteiger partial charge in [-0.05, 0) is 12.1 Å². The Hall–Kier alpha value is -1.22. The van der Waals surface area contributed by atoms with E-state index in [4.69, 9.17) is 4.84 Å². The molecule has 3 nitrogen and oxygen atoms in total. The van der Waals surface area contributed by atoms with E-state index >= 15 is 0 Å². The van der Waals surface area contributed by atoms with Crippen molar-refractivity contribution < 1.29 is 4.84 Å². The third kappa shape index (κ3) is 0.940. The molecular formula is C9H12N2O. The number of nitrogens with zero attached hydrogens (tertiary/aromatic N) is 2. The van der Waals surface area contributed by atoms with Crippen LogP contribution in [0.4, 0.5) is 11.4 Å². The van der Waals surface area contributed by atoms with Gasteiger partial charge in [-0.25, -0.2) is 5.06 Å². The smallest absolute Gasteiger partial charge is 0.116 e. The number of hydrogen-bond acceptors (Lipinski definition) is 3. The molecule has 0 saturated heterocycles. The van der Waals surface area contributed by atoms with Crippen LogP contribution in [0, 0.1) is 0 Å². The van der Waals surface area contributed by atoms with Gasteiger partial charge in [0.15, 0.2) is 0 Å². The van der Waals surface area contributed by atoms with E-state index in [1.54, 1.807) is 7.11 Å². The molecule has 1 aliphatic rings. The lowest BCUT2D eigenvalue weighted by atomic mass is 10.3. The minimum atomic E-state index is 0.801. The van der Waals surface area contributed by atoms with Gasteiger partial charge in [0.2, 0.25) is 0 Å². The fourth-order valence-corrected chi connectivity index (χ4v) is 1.50. The van der Waals surface area contributed by atoms with Gasteiger partial charge in [0.05, 0.1) is 18.5 Å². The van der Waals surface area contributed by atoms with Crippen molar-refractivity contribution >= 4 is 11.4 Å². The highest BCUT2D eigenvalue weighted by atomic mass is 16.7. The number of fused-ring (bicyclic) bond motifs is 1. The van der Waals surface area contributed by atoms with Crippen LogP contribution in [0.5, 0.6) is 0 Å². The van der Waals surface area contributed by atoms with Gasteiger partial charge in [-0.3, -0.25) is 4.84 Å². The normalized spacial score (nSPS) is 15.2. The highest BCUT2D eigenvalue weighted by Crippen LogP contribution is 2.33. The molecule has 0 saturated carbocycles. The molecule has 1 aromatic carbocycles. The van der Waals surface area contributed by atoms with E-state index in [0.29, 0.717) is 0 Å². The summed E-state index contributed by atoms with van der Waals surface area (Å²) in [6.45, 7) is 0.801. The zero-order valence-electron chi connectivity index (χ0n) is 7.32. The average Bonchev–Trinajstić information content (AvgIpc) is 2.44. The summed E-state index contributed by atoms with van der Waals surface area (Å²) in [6.07, 6.45) is 0. The first kappa shape index (κ1) is 7.43. The summed E-state index contributed by atoms with van der Waals surface area (Å²) in [6, 6.07) is 8.20. The number of rotatable bonds is 1. The molecule has 0 N–H and O–H groups in total. The standard InChI is InChI=1S/C9H12N2O/c1-10-7-11(12-2)9-6-4-3-5-8(9)10/h3-6H,7H2,1-2H3. The molecular weight excluding hydrogens is 152 g/mol. The van der Waals surface area contributed by atoms with Crippen molar-refractivity contribution in [2.24, 2.45) is 0 Å². The van der Waals surface area contributed by atoms with Gasteiger partial charge >= 0.3 is 0 Å². The van der Waals surface area contributed by atoms with Crippen molar-refractivity contribution in [2.75, 3.05) is 30.8 Å². The number of hydrogen-bond donors (Lipinski definition) is 0. The minimum Gasteiger partial charge on any atom is -0.353 e. The SMILES string of the molecule is CON1CN(C)c2ccccc21. The van der Waals surface area contributed by atoms with E-state index in [2.05, 4.69) is 24.1 Å². The largest absolute Gasteiger partial charge is 0.353 e. The predicted octanol–water partition coefficient (Wildman–Crippen LogP) is 1.46. The summed E-state index contributed by atoms with van der Waals surface area (Å²) in [5.74, 6) is 0. The lowest BCUT2D eigenvalue weighted by Gasteiger charge is -2.15. The van der Waals surface area contributed by atoms with Gasteiger partial charge in [-0.1, -0.05) is 12.1 Å².